The first kappa shape index (κ1) is 22.3. The van der Waals surface area contributed by atoms with Gasteiger partial charge in [-0.25, -0.2) is 9.97 Å². The summed E-state index contributed by atoms with van der Waals surface area (Å²) < 4.78 is 11.0. The molecule has 0 unspecified atom stereocenters. The van der Waals surface area contributed by atoms with Gasteiger partial charge in [0.25, 0.3) is 0 Å². The van der Waals surface area contributed by atoms with E-state index >= 15 is 0 Å². The Labute approximate surface area is 166 Å². The summed E-state index contributed by atoms with van der Waals surface area (Å²) in [4.78, 5) is 10.8. The van der Waals surface area contributed by atoms with Gasteiger partial charge in [-0.3, -0.25) is 0 Å². The van der Waals surface area contributed by atoms with Gasteiger partial charge in [-0.2, -0.15) is 0 Å². The van der Waals surface area contributed by atoms with E-state index in [1.165, 1.54) is 0 Å². The fraction of sp³-hybridized carbons (Fsp3) is 0.444. The molecule has 1 aromatic carbocycles. The zero-order valence-corrected chi connectivity index (χ0v) is 16.6. The Morgan fingerprint density at radius 3 is 2.58 bits per heavy atom. The van der Waals surface area contributed by atoms with Gasteiger partial charge in [0.05, 0.1) is 13.7 Å². The average molecular weight is 401 g/mol. The van der Waals surface area contributed by atoms with Gasteiger partial charge in [-0.15, -0.1) is 24.8 Å². The van der Waals surface area contributed by atoms with E-state index in [1.54, 1.807) is 13.4 Å². The highest BCUT2D eigenvalue weighted by molar-refractivity contribution is 5.85. The van der Waals surface area contributed by atoms with E-state index in [0.29, 0.717) is 18.6 Å². The van der Waals surface area contributed by atoms with Crippen LogP contribution in [0, 0.1) is 0 Å². The zero-order chi connectivity index (χ0) is 16.9. The average Bonchev–Trinajstić information content (AvgIpc) is 2.59. The summed E-state index contributed by atoms with van der Waals surface area (Å²) in [6.45, 7) is 1.30. The van der Waals surface area contributed by atoms with Crippen LogP contribution in [0.2, 0.25) is 0 Å². The Morgan fingerprint density at radius 1 is 1.15 bits per heavy atom. The standard InChI is InChI=1S/C18H24N4O2.2ClH/c1-22(6-7-24-16-5-3-4-15(10-16)23-2)18-11-17(20-12-21-18)13-8-14(19)9-13;;/h3-5,10-14H,6-9,19H2,1-2H3;2*1H. The molecular weight excluding hydrogens is 375 g/mol. The molecule has 1 fully saturated rings. The number of anilines is 1. The Balaban J connectivity index is 0.00000169. The molecule has 1 aliphatic carbocycles. The first-order chi connectivity index (χ1) is 11.7. The Hall–Kier alpha value is -1.76. The van der Waals surface area contributed by atoms with Crippen molar-refractivity contribution in [2.75, 3.05) is 32.2 Å². The fourth-order valence-corrected chi connectivity index (χ4v) is 2.80. The van der Waals surface area contributed by atoms with Gasteiger partial charge in [-0.1, -0.05) is 6.07 Å². The summed E-state index contributed by atoms with van der Waals surface area (Å²) in [5, 5.41) is 0. The number of rotatable bonds is 7. The van der Waals surface area contributed by atoms with Crippen LogP contribution in [0.5, 0.6) is 11.5 Å². The molecule has 0 saturated heterocycles. The number of likely N-dealkylation sites (N-methyl/N-ethyl adjacent to an activating group) is 1. The van der Waals surface area contributed by atoms with Crippen molar-refractivity contribution < 1.29 is 9.47 Å². The second kappa shape index (κ2) is 10.4. The molecule has 3 rings (SSSR count). The number of methoxy groups -OCH3 is 1. The minimum absolute atomic E-state index is 0. The van der Waals surface area contributed by atoms with Crippen LogP contribution in [-0.4, -0.2) is 43.3 Å². The summed E-state index contributed by atoms with van der Waals surface area (Å²) in [7, 11) is 3.65. The van der Waals surface area contributed by atoms with E-state index in [-0.39, 0.29) is 24.8 Å². The zero-order valence-electron chi connectivity index (χ0n) is 15.0. The molecule has 0 radical (unpaired) electrons. The molecule has 0 spiro atoms. The van der Waals surface area contributed by atoms with Crippen molar-refractivity contribution in [3.63, 3.8) is 0 Å². The predicted molar refractivity (Wildman–Crippen MR) is 108 cm³/mol. The van der Waals surface area contributed by atoms with Crippen LogP contribution in [0.25, 0.3) is 0 Å². The number of aromatic nitrogens is 2. The van der Waals surface area contributed by atoms with Crippen molar-refractivity contribution in [3.05, 3.63) is 42.4 Å². The number of hydrogen-bond donors (Lipinski definition) is 1. The molecule has 6 nitrogen and oxygen atoms in total. The topological polar surface area (TPSA) is 73.5 Å². The first-order valence-corrected chi connectivity index (χ1v) is 8.21. The summed E-state index contributed by atoms with van der Waals surface area (Å²) in [5.74, 6) is 2.98. The third kappa shape index (κ3) is 5.62. The lowest BCUT2D eigenvalue weighted by Crippen LogP contribution is -2.35. The normalized spacial score (nSPS) is 18.0. The molecule has 8 heteroatoms. The van der Waals surface area contributed by atoms with Crippen LogP contribution in [0.15, 0.2) is 36.7 Å². The van der Waals surface area contributed by atoms with Gasteiger partial charge in [0, 0.05) is 36.8 Å². The number of benzene rings is 1. The molecule has 26 heavy (non-hydrogen) atoms. The van der Waals surface area contributed by atoms with E-state index in [1.807, 2.05) is 31.3 Å². The van der Waals surface area contributed by atoms with Crippen LogP contribution in [0.1, 0.15) is 24.5 Å². The van der Waals surface area contributed by atoms with Gasteiger partial charge in [-0.05, 0) is 25.0 Å². The molecule has 1 aliphatic rings. The van der Waals surface area contributed by atoms with Crippen molar-refractivity contribution in [1.82, 2.24) is 9.97 Å². The van der Waals surface area contributed by atoms with E-state index in [2.05, 4.69) is 20.9 Å². The largest absolute Gasteiger partial charge is 0.497 e. The third-order valence-corrected chi connectivity index (χ3v) is 4.39. The Kier molecular flexibility index (Phi) is 8.92. The van der Waals surface area contributed by atoms with Crippen molar-refractivity contribution >= 4 is 30.6 Å². The highest BCUT2D eigenvalue weighted by Crippen LogP contribution is 2.35. The second-order valence-corrected chi connectivity index (χ2v) is 6.18. The molecule has 1 saturated carbocycles. The molecule has 144 valence electrons. The number of nitrogens with two attached hydrogens (primary N) is 1. The highest BCUT2D eigenvalue weighted by Gasteiger charge is 2.28. The van der Waals surface area contributed by atoms with Crippen molar-refractivity contribution in [3.8, 4) is 11.5 Å². The number of halogens is 2. The van der Waals surface area contributed by atoms with Crippen LogP contribution in [0.3, 0.4) is 0 Å². The molecule has 1 heterocycles. The Morgan fingerprint density at radius 2 is 1.88 bits per heavy atom. The summed E-state index contributed by atoms with van der Waals surface area (Å²) in [6.07, 6.45) is 3.66. The number of hydrogen-bond acceptors (Lipinski definition) is 6. The predicted octanol–water partition coefficient (Wildman–Crippen LogP) is 3.05. The Bertz CT molecular complexity index is 684. The maximum atomic E-state index is 5.87. The van der Waals surface area contributed by atoms with Crippen molar-refractivity contribution in [2.45, 2.75) is 24.8 Å². The monoisotopic (exact) mass is 400 g/mol. The quantitative estimate of drug-likeness (QED) is 0.769. The first-order valence-electron chi connectivity index (χ1n) is 8.21. The van der Waals surface area contributed by atoms with Gasteiger partial charge in [0.1, 0.15) is 30.3 Å². The lowest BCUT2D eigenvalue weighted by atomic mass is 9.78. The second-order valence-electron chi connectivity index (χ2n) is 6.18. The third-order valence-electron chi connectivity index (χ3n) is 4.39. The lowest BCUT2D eigenvalue weighted by molar-refractivity contribution is 0.322. The SMILES string of the molecule is COc1cccc(OCCN(C)c2cc(C3CC(N)C3)ncn2)c1.Cl.Cl. The molecule has 2 N–H and O–H groups in total. The summed E-state index contributed by atoms with van der Waals surface area (Å²) in [6, 6.07) is 9.99. The fourth-order valence-electron chi connectivity index (χ4n) is 2.80. The van der Waals surface area contributed by atoms with Crippen molar-refractivity contribution in [2.24, 2.45) is 5.73 Å². The van der Waals surface area contributed by atoms with E-state index in [9.17, 15) is 0 Å². The van der Waals surface area contributed by atoms with Crippen LogP contribution in [0.4, 0.5) is 5.82 Å². The van der Waals surface area contributed by atoms with Gasteiger partial charge in [0.2, 0.25) is 0 Å². The summed E-state index contributed by atoms with van der Waals surface area (Å²) >= 11 is 0. The highest BCUT2D eigenvalue weighted by atomic mass is 35.5. The maximum absolute atomic E-state index is 5.87. The molecule has 2 aromatic rings. The van der Waals surface area contributed by atoms with Crippen LogP contribution in [-0.2, 0) is 0 Å². The maximum Gasteiger partial charge on any atom is 0.132 e. The van der Waals surface area contributed by atoms with Gasteiger partial charge in [0.15, 0.2) is 0 Å². The van der Waals surface area contributed by atoms with Gasteiger partial charge < -0.3 is 20.1 Å². The minimum Gasteiger partial charge on any atom is -0.497 e. The molecular formula is C18H26Cl2N4O2. The van der Waals surface area contributed by atoms with Crippen LogP contribution < -0.4 is 20.1 Å². The molecule has 0 bridgehead atoms. The van der Waals surface area contributed by atoms with Gasteiger partial charge >= 0.3 is 0 Å². The smallest absolute Gasteiger partial charge is 0.132 e. The van der Waals surface area contributed by atoms with E-state index in [0.717, 1.165) is 42.4 Å². The van der Waals surface area contributed by atoms with Crippen LogP contribution >= 0.6 is 24.8 Å². The number of nitrogens with zero attached hydrogens (tertiary/aromatic N) is 3. The molecule has 0 atom stereocenters. The van der Waals surface area contributed by atoms with E-state index < -0.39 is 0 Å². The lowest BCUT2D eigenvalue weighted by Gasteiger charge is -2.32. The van der Waals surface area contributed by atoms with Crippen molar-refractivity contribution in [1.29, 1.82) is 0 Å². The molecule has 0 aliphatic heterocycles. The molecule has 0 amide bonds. The summed E-state index contributed by atoms with van der Waals surface area (Å²) in [5.41, 5.74) is 6.95. The van der Waals surface area contributed by atoms with E-state index in [4.69, 9.17) is 15.2 Å². The molecule has 1 aromatic heterocycles. The minimum atomic E-state index is 0. The number of ether oxygens (including phenoxy) is 2.